The summed E-state index contributed by atoms with van der Waals surface area (Å²) in [7, 11) is -3.76. The predicted octanol–water partition coefficient (Wildman–Crippen LogP) is 1.57. The van der Waals surface area contributed by atoms with E-state index in [1.54, 1.807) is 12.1 Å². The molecule has 7 nitrogen and oxygen atoms in total. The van der Waals surface area contributed by atoms with Crippen LogP contribution in [0.15, 0.2) is 47.4 Å². The first-order valence-electron chi connectivity index (χ1n) is 7.86. The van der Waals surface area contributed by atoms with Gasteiger partial charge in [0, 0.05) is 23.8 Å². The Labute approximate surface area is 152 Å². The third-order valence-corrected chi connectivity index (χ3v) is 4.88. The minimum Gasteiger partial charge on any atom is -0.550 e. The fourth-order valence-corrected chi connectivity index (χ4v) is 3.44. The lowest BCUT2D eigenvalue weighted by Crippen LogP contribution is -2.24. The molecule has 0 saturated heterocycles. The normalized spacial score (nSPS) is 11.0. The number of aryl methyl sites for hydroxylation is 2. The van der Waals surface area contributed by atoms with Gasteiger partial charge in [-0.3, -0.25) is 9.52 Å². The molecule has 0 aliphatic carbocycles. The van der Waals surface area contributed by atoms with Crippen molar-refractivity contribution in [3.05, 3.63) is 53.6 Å². The van der Waals surface area contributed by atoms with Crippen LogP contribution in [0.25, 0.3) is 0 Å². The lowest BCUT2D eigenvalue weighted by atomic mass is 10.1. The molecule has 2 rings (SSSR count). The molecule has 0 aliphatic rings. The van der Waals surface area contributed by atoms with Crippen molar-refractivity contribution in [3.63, 3.8) is 0 Å². The van der Waals surface area contributed by atoms with Crippen molar-refractivity contribution in [2.45, 2.75) is 31.6 Å². The van der Waals surface area contributed by atoms with E-state index in [1.807, 2.05) is 19.9 Å². The lowest BCUT2D eigenvalue weighted by molar-refractivity contribution is -0.305. The van der Waals surface area contributed by atoms with Crippen LogP contribution < -0.4 is 15.1 Å². The van der Waals surface area contributed by atoms with Crippen molar-refractivity contribution in [2.24, 2.45) is 0 Å². The summed E-state index contributed by atoms with van der Waals surface area (Å²) in [4.78, 5) is 22.0. The van der Waals surface area contributed by atoms with Gasteiger partial charge in [0.05, 0.1) is 4.90 Å². The molecule has 1 amide bonds. The van der Waals surface area contributed by atoms with E-state index in [2.05, 4.69) is 10.0 Å². The Morgan fingerprint density at radius 3 is 2.04 bits per heavy atom. The number of sulfonamides is 1. The van der Waals surface area contributed by atoms with Gasteiger partial charge in [0.15, 0.2) is 0 Å². The van der Waals surface area contributed by atoms with Crippen LogP contribution in [0.1, 0.15) is 24.0 Å². The van der Waals surface area contributed by atoms with Crippen molar-refractivity contribution in [2.75, 3.05) is 10.0 Å². The second-order valence-electron chi connectivity index (χ2n) is 5.93. The maximum atomic E-state index is 12.5. The van der Waals surface area contributed by atoms with E-state index in [1.165, 1.54) is 24.3 Å². The predicted molar refractivity (Wildman–Crippen MR) is 96.0 cm³/mol. The summed E-state index contributed by atoms with van der Waals surface area (Å²) in [5, 5.41) is 12.8. The average Bonchev–Trinajstić information content (AvgIpc) is 2.52. The maximum absolute atomic E-state index is 12.5. The summed E-state index contributed by atoms with van der Waals surface area (Å²) in [6.07, 6.45) is -0.589. The zero-order chi connectivity index (χ0) is 19.3. The zero-order valence-electron chi connectivity index (χ0n) is 14.4. The van der Waals surface area contributed by atoms with Crippen LogP contribution in [0, 0.1) is 13.8 Å². The Morgan fingerprint density at radius 2 is 1.50 bits per heavy atom. The van der Waals surface area contributed by atoms with Crippen LogP contribution in [0.2, 0.25) is 0 Å². The Hall–Kier alpha value is -2.87. The fourth-order valence-electron chi connectivity index (χ4n) is 2.40. The molecule has 0 fully saturated rings. The van der Waals surface area contributed by atoms with Crippen molar-refractivity contribution in [1.29, 1.82) is 0 Å². The molecule has 0 unspecified atom stereocenters. The summed E-state index contributed by atoms with van der Waals surface area (Å²) in [5.41, 5.74) is 2.73. The molecule has 8 heteroatoms. The number of carbonyl (C=O) groups excluding carboxylic acids is 2. The molecule has 138 valence electrons. The third-order valence-electron chi connectivity index (χ3n) is 3.48. The van der Waals surface area contributed by atoms with E-state index in [0.717, 1.165) is 11.1 Å². The van der Waals surface area contributed by atoms with Gasteiger partial charge in [-0.25, -0.2) is 8.42 Å². The number of benzene rings is 2. The van der Waals surface area contributed by atoms with Gasteiger partial charge >= 0.3 is 0 Å². The van der Waals surface area contributed by atoms with Gasteiger partial charge in [0.2, 0.25) is 5.91 Å². The highest BCUT2D eigenvalue weighted by Gasteiger charge is 2.14. The van der Waals surface area contributed by atoms with Crippen LogP contribution >= 0.6 is 0 Å². The highest BCUT2D eigenvalue weighted by molar-refractivity contribution is 7.92. The Bertz CT molecular complexity index is 901. The Kier molecular flexibility index (Phi) is 5.99. The number of hydrogen-bond acceptors (Lipinski definition) is 5. The molecule has 2 N–H and O–H groups in total. The minimum absolute atomic E-state index is 0.0457. The molecule has 2 aromatic carbocycles. The second kappa shape index (κ2) is 8.01. The molecule has 26 heavy (non-hydrogen) atoms. The van der Waals surface area contributed by atoms with Crippen molar-refractivity contribution >= 4 is 33.3 Å². The second-order valence-corrected chi connectivity index (χ2v) is 7.61. The van der Waals surface area contributed by atoms with Crippen LogP contribution in [0.3, 0.4) is 0 Å². The molecular weight excluding hydrogens is 356 g/mol. The average molecular weight is 375 g/mol. The smallest absolute Gasteiger partial charge is 0.261 e. The SMILES string of the molecule is Cc1cc(C)cc(NS(=O)(=O)c2ccc(NC(=O)CCC(=O)[O-])cc2)c1. The zero-order valence-corrected chi connectivity index (χ0v) is 15.2. The molecule has 0 aromatic heterocycles. The fraction of sp³-hybridized carbons (Fsp3) is 0.222. The summed E-state index contributed by atoms with van der Waals surface area (Å²) in [6.45, 7) is 3.76. The molecule has 0 aliphatic heterocycles. The van der Waals surface area contributed by atoms with Crippen molar-refractivity contribution < 1.29 is 23.1 Å². The van der Waals surface area contributed by atoms with E-state index in [0.29, 0.717) is 11.4 Å². The third kappa shape index (κ3) is 5.59. The lowest BCUT2D eigenvalue weighted by Gasteiger charge is -2.11. The Balaban J connectivity index is 2.08. The first-order chi connectivity index (χ1) is 12.2. The number of aliphatic carboxylic acids is 1. The quantitative estimate of drug-likeness (QED) is 0.762. The Morgan fingerprint density at radius 1 is 0.923 bits per heavy atom. The van der Waals surface area contributed by atoms with Gasteiger partial charge < -0.3 is 15.2 Å². The van der Waals surface area contributed by atoms with Gasteiger partial charge in [0.1, 0.15) is 0 Å². The van der Waals surface area contributed by atoms with Gasteiger partial charge in [-0.2, -0.15) is 0 Å². The van der Waals surface area contributed by atoms with Crippen LogP contribution in [0.5, 0.6) is 0 Å². The van der Waals surface area contributed by atoms with E-state index < -0.39 is 21.9 Å². The molecule has 2 aromatic rings. The first-order valence-corrected chi connectivity index (χ1v) is 9.35. The minimum atomic E-state index is -3.76. The molecular formula is C18H19N2O5S-. The number of amides is 1. The van der Waals surface area contributed by atoms with E-state index in [9.17, 15) is 23.1 Å². The number of hydrogen-bond donors (Lipinski definition) is 2. The number of anilines is 2. The molecule has 0 spiro atoms. The van der Waals surface area contributed by atoms with Gasteiger partial charge in [0.25, 0.3) is 10.0 Å². The number of nitrogens with one attached hydrogen (secondary N) is 2. The highest BCUT2D eigenvalue weighted by Crippen LogP contribution is 2.20. The van der Waals surface area contributed by atoms with Crippen LogP contribution in [-0.4, -0.2) is 20.3 Å². The molecule has 0 bridgehead atoms. The number of rotatable bonds is 7. The summed E-state index contributed by atoms with van der Waals surface area (Å²) < 4.78 is 27.5. The standard InChI is InChI=1S/C18H20N2O5S/c1-12-9-13(2)11-15(10-12)20-26(24,25)16-5-3-14(4-6-16)19-17(21)7-8-18(22)23/h3-6,9-11,20H,7-8H2,1-2H3,(H,19,21)(H,22,23)/p-1. The van der Waals surface area contributed by atoms with E-state index >= 15 is 0 Å². The summed E-state index contributed by atoms with van der Waals surface area (Å²) >= 11 is 0. The topological polar surface area (TPSA) is 115 Å². The van der Waals surface area contributed by atoms with Gasteiger partial charge in [-0.15, -0.1) is 0 Å². The van der Waals surface area contributed by atoms with Crippen LogP contribution in [-0.2, 0) is 19.6 Å². The van der Waals surface area contributed by atoms with Gasteiger partial charge in [-0.05, 0) is 67.8 Å². The number of carbonyl (C=O) groups is 2. The maximum Gasteiger partial charge on any atom is 0.261 e. The van der Waals surface area contributed by atoms with Crippen LogP contribution in [0.4, 0.5) is 11.4 Å². The first kappa shape index (κ1) is 19.5. The highest BCUT2D eigenvalue weighted by atomic mass is 32.2. The van der Waals surface area contributed by atoms with Crippen molar-refractivity contribution in [1.82, 2.24) is 0 Å². The molecule has 0 atom stereocenters. The largest absolute Gasteiger partial charge is 0.550 e. The number of carboxylic acid groups (broad SMARTS) is 1. The monoisotopic (exact) mass is 375 g/mol. The van der Waals surface area contributed by atoms with Crippen molar-refractivity contribution in [3.8, 4) is 0 Å². The van der Waals surface area contributed by atoms with E-state index in [-0.39, 0.29) is 17.7 Å². The number of carboxylic acids is 1. The molecule has 0 heterocycles. The van der Waals surface area contributed by atoms with E-state index in [4.69, 9.17) is 0 Å². The molecule has 0 saturated carbocycles. The molecule has 0 radical (unpaired) electrons. The summed E-state index contributed by atoms with van der Waals surface area (Å²) in [5.74, 6) is -1.79. The summed E-state index contributed by atoms with van der Waals surface area (Å²) in [6, 6.07) is 11.0. The van der Waals surface area contributed by atoms with Gasteiger partial charge in [-0.1, -0.05) is 6.07 Å².